The molecule has 0 fully saturated rings. The first-order valence-electron chi connectivity index (χ1n) is 9.32. The Morgan fingerprint density at radius 3 is 2.09 bits per heavy atom. The van der Waals surface area contributed by atoms with Crippen molar-refractivity contribution >= 4 is 51.0 Å². The van der Waals surface area contributed by atoms with Gasteiger partial charge in [0.05, 0.1) is 27.7 Å². The standard InChI is InChI=1S/C21H14BrN5O7/c22-15-5-1-12(2-6-15)20(29)24-16-7-3-13(4-8-16)21(30)25-23-11-14-9-17(26(31)32)10-18(19(14)28)27(33)34/h1-11,28H,(H,24,29)(H,25,30)/b23-11-. The number of phenols is 1. The largest absolute Gasteiger partial charge is 0.502 e. The van der Waals surface area contributed by atoms with E-state index in [9.17, 15) is 34.9 Å². The van der Waals surface area contributed by atoms with Crippen molar-refractivity contribution in [2.75, 3.05) is 5.32 Å². The Balaban J connectivity index is 1.67. The molecule has 0 aromatic heterocycles. The van der Waals surface area contributed by atoms with Gasteiger partial charge in [-0.05, 0) is 48.5 Å². The van der Waals surface area contributed by atoms with Gasteiger partial charge in [0.25, 0.3) is 17.5 Å². The lowest BCUT2D eigenvalue weighted by Gasteiger charge is -2.06. The van der Waals surface area contributed by atoms with Crippen LogP contribution in [0.3, 0.4) is 0 Å². The third-order valence-electron chi connectivity index (χ3n) is 4.39. The summed E-state index contributed by atoms with van der Waals surface area (Å²) in [7, 11) is 0. The highest BCUT2D eigenvalue weighted by Gasteiger charge is 2.23. The minimum Gasteiger partial charge on any atom is -0.502 e. The van der Waals surface area contributed by atoms with Crippen molar-refractivity contribution in [2.45, 2.75) is 0 Å². The predicted octanol–water partition coefficient (Wildman–Crippen LogP) is 3.99. The molecule has 0 atom stereocenters. The molecule has 3 N–H and O–H groups in total. The van der Waals surface area contributed by atoms with E-state index < -0.39 is 32.9 Å². The van der Waals surface area contributed by atoms with Crippen LogP contribution in [0.4, 0.5) is 17.1 Å². The maximum atomic E-state index is 12.3. The Hall–Kier alpha value is -4.65. The molecule has 0 aliphatic rings. The molecular formula is C21H14BrN5O7. The normalized spacial score (nSPS) is 10.6. The first-order valence-corrected chi connectivity index (χ1v) is 10.1. The van der Waals surface area contributed by atoms with Crippen molar-refractivity contribution in [3.05, 3.63) is 102 Å². The number of nitrogens with zero attached hydrogens (tertiary/aromatic N) is 3. The molecular weight excluding hydrogens is 514 g/mol. The van der Waals surface area contributed by atoms with Crippen LogP contribution in [0.15, 0.2) is 70.2 Å². The summed E-state index contributed by atoms with van der Waals surface area (Å²) < 4.78 is 0.834. The van der Waals surface area contributed by atoms with Gasteiger partial charge in [-0.25, -0.2) is 5.43 Å². The van der Waals surface area contributed by atoms with E-state index >= 15 is 0 Å². The van der Waals surface area contributed by atoms with E-state index in [1.54, 1.807) is 24.3 Å². The van der Waals surface area contributed by atoms with Crippen LogP contribution in [0.2, 0.25) is 0 Å². The molecule has 0 unspecified atom stereocenters. The van der Waals surface area contributed by atoms with Gasteiger partial charge in [-0.2, -0.15) is 5.10 Å². The van der Waals surface area contributed by atoms with Gasteiger partial charge >= 0.3 is 5.69 Å². The number of nitrogens with one attached hydrogen (secondary N) is 2. The smallest absolute Gasteiger partial charge is 0.318 e. The maximum Gasteiger partial charge on any atom is 0.318 e. The summed E-state index contributed by atoms with van der Waals surface area (Å²) in [6.07, 6.45) is 0.847. The number of aromatic hydroxyl groups is 1. The van der Waals surface area contributed by atoms with Crippen molar-refractivity contribution < 1.29 is 24.5 Å². The number of hydrogen-bond donors (Lipinski definition) is 3. The number of phenolic OH excluding ortho intramolecular Hbond substituents is 1. The lowest BCUT2D eigenvalue weighted by Crippen LogP contribution is -2.18. The van der Waals surface area contributed by atoms with Crippen molar-refractivity contribution in [2.24, 2.45) is 5.10 Å². The Morgan fingerprint density at radius 1 is 0.912 bits per heavy atom. The Labute approximate surface area is 199 Å². The number of carbonyl (C=O) groups excluding carboxylic acids is 2. The summed E-state index contributed by atoms with van der Waals surface area (Å²) in [6.45, 7) is 0. The number of anilines is 1. The molecule has 0 radical (unpaired) electrons. The van der Waals surface area contributed by atoms with E-state index in [0.29, 0.717) is 17.3 Å². The quantitative estimate of drug-likeness (QED) is 0.236. The third-order valence-corrected chi connectivity index (χ3v) is 4.92. The molecule has 2 amide bonds. The first kappa shape index (κ1) is 24.0. The number of hydrogen-bond acceptors (Lipinski definition) is 8. The van der Waals surface area contributed by atoms with Crippen LogP contribution in [0, 0.1) is 20.2 Å². The van der Waals surface area contributed by atoms with Crippen LogP contribution in [0.1, 0.15) is 26.3 Å². The molecule has 0 spiro atoms. The molecule has 0 heterocycles. The molecule has 34 heavy (non-hydrogen) atoms. The van der Waals surface area contributed by atoms with Gasteiger partial charge in [-0.3, -0.25) is 29.8 Å². The summed E-state index contributed by atoms with van der Waals surface area (Å²) in [5.74, 6) is -1.83. The minimum atomic E-state index is -0.977. The first-order chi connectivity index (χ1) is 16.2. The van der Waals surface area contributed by atoms with E-state index in [1.807, 2.05) is 0 Å². The molecule has 3 aromatic rings. The van der Waals surface area contributed by atoms with Gasteiger partial charge in [-0.15, -0.1) is 0 Å². The Morgan fingerprint density at radius 2 is 1.50 bits per heavy atom. The van der Waals surface area contributed by atoms with E-state index in [2.05, 4.69) is 31.8 Å². The lowest BCUT2D eigenvalue weighted by atomic mass is 10.1. The molecule has 3 aromatic carbocycles. The zero-order valence-corrected chi connectivity index (χ0v) is 18.6. The number of nitro benzene ring substituents is 2. The topological polar surface area (TPSA) is 177 Å². The molecule has 0 aliphatic carbocycles. The summed E-state index contributed by atoms with van der Waals surface area (Å²) >= 11 is 3.29. The summed E-state index contributed by atoms with van der Waals surface area (Å²) in [5.41, 5.74) is 1.39. The van der Waals surface area contributed by atoms with Gasteiger partial charge in [0.1, 0.15) is 0 Å². The van der Waals surface area contributed by atoms with Gasteiger partial charge in [0, 0.05) is 27.4 Å². The fourth-order valence-electron chi connectivity index (χ4n) is 2.70. The number of nitro groups is 2. The van der Waals surface area contributed by atoms with Crippen LogP contribution < -0.4 is 10.7 Å². The highest BCUT2D eigenvalue weighted by molar-refractivity contribution is 9.10. The SMILES string of the molecule is O=C(N/N=C\c1cc([N+](=O)[O-])cc([N+](=O)[O-])c1O)c1ccc(NC(=O)c2ccc(Br)cc2)cc1. The summed E-state index contributed by atoms with van der Waals surface area (Å²) in [6, 6.07) is 14.1. The van der Waals surface area contributed by atoms with E-state index in [1.165, 1.54) is 24.3 Å². The monoisotopic (exact) mass is 527 g/mol. The highest BCUT2D eigenvalue weighted by atomic mass is 79.9. The number of non-ortho nitro benzene ring substituents is 1. The average Bonchev–Trinajstić information content (AvgIpc) is 2.80. The van der Waals surface area contributed by atoms with E-state index in [0.717, 1.165) is 16.8 Å². The number of benzene rings is 3. The highest BCUT2D eigenvalue weighted by Crippen LogP contribution is 2.33. The van der Waals surface area contributed by atoms with Gasteiger partial charge in [-0.1, -0.05) is 15.9 Å². The summed E-state index contributed by atoms with van der Waals surface area (Å²) in [4.78, 5) is 44.6. The number of halogens is 1. The molecule has 0 saturated heterocycles. The van der Waals surface area contributed by atoms with E-state index in [-0.39, 0.29) is 17.0 Å². The fraction of sp³-hybridized carbons (Fsp3) is 0. The van der Waals surface area contributed by atoms with Crippen LogP contribution in [-0.2, 0) is 0 Å². The maximum absolute atomic E-state index is 12.3. The number of amides is 2. The average molecular weight is 528 g/mol. The van der Waals surface area contributed by atoms with Crippen LogP contribution in [-0.4, -0.2) is 33.0 Å². The van der Waals surface area contributed by atoms with Crippen molar-refractivity contribution in [3.63, 3.8) is 0 Å². The molecule has 0 saturated carbocycles. The number of rotatable bonds is 7. The summed E-state index contributed by atoms with van der Waals surface area (Å²) in [5, 5.41) is 38.2. The Kier molecular flexibility index (Phi) is 7.28. The second-order valence-corrected chi connectivity index (χ2v) is 7.57. The van der Waals surface area contributed by atoms with Crippen molar-refractivity contribution in [3.8, 4) is 5.75 Å². The second-order valence-electron chi connectivity index (χ2n) is 6.65. The van der Waals surface area contributed by atoms with Crippen LogP contribution >= 0.6 is 15.9 Å². The zero-order chi connectivity index (χ0) is 24.8. The number of hydrazone groups is 1. The molecule has 13 heteroatoms. The van der Waals surface area contributed by atoms with E-state index in [4.69, 9.17) is 0 Å². The van der Waals surface area contributed by atoms with Gasteiger partial charge in [0.15, 0.2) is 0 Å². The lowest BCUT2D eigenvalue weighted by molar-refractivity contribution is -0.394. The molecule has 3 rings (SSSR count). The predicted molar refractivity (Wildman–Crippen MR) is 125 cm³/mol. The van der Waals surface area contributed by atoms with Crippen molar-refractivity contribution in [1.29, 1.82) is 0 Å². The van der Waals surface area contributed by atoms with Crippen molar-refractivity contribution in [1.82, 2.24) is 5.43 Å². The second kappa shape index (κ2) is 10.3. The van der Waals surface area contributed by atoms with Crippen LogP contribution in [0.25, 0.3) is 0 Å². The van der Waals surface area contributed by atoms with Gasteiger partial charge in [0.2, 0.25) is 5.75 Å². The fourth-order valence-corrected chi connectivity index (χ4v) is 2.97. The number of carbonyl (C=O) groups is 2. The molecule has 0 aliphatic heterocycles. The molecule has 12 nitrogen and oxygen atoms in total. The van der Waals surface area contributed by atoms with Gasteiger partial charge < -0.3 is 10.4 Å². The minimum absolute atomic E-state index is 0.174. The zero-order valence-electron chi connectivity index (χ0n) is 17.0. The Bertz CT molecular complexity index is 1310. The molecule has 172 valence electrons. The van der Waals surface area contributed by atoms with Crippen LogP contribution in [0.5, 0.6) is 5.75 Å². The third kappa shape index (κ3) is 5.77. The molecule has 0 bridgehead atoms.